The van der Waals surface area contributed by atoms with Gasteiger partial charge in [0.15, 0.2) is 0 Å². The Kier molecular flexibility index (Phi) is 8.73. The maximum Gasteiger partial charge on any atom is 0.573 e. The molecule has 1 atom stereocenters. The van der Waals surface area contributed by atoms with E-state index in [1.807, 2.05) is 6.92 Å². The van der Waals surface area contributed by atoms with Gasteiger partial charge in [-0.25, -0.2) is 12.7 Å². The van der Waals surface area contributed by atoms with Crippen LogP contribution in [0.3, 0.4) is 0 Å². The number of halogens is 3. The standard InChI is InChI=1S/C26H30F3N3O7S/c1-17-13-21(38-16-20(34)15-33)6-5-18(17)7-12-40(36,37)32-10-8-25(9-11-32)24(35)30-23(31-25)19-3-2-4-22(14-19)39-26(27,28)29/h2-6,13-14,20,33-34H,7-12,15-16H2,1H3,(H,30,31,35). The Bertz CT molecular complexity index is 1370. The van der Waals surface area contributed by atoms with Gasteiger partial charge in [-0.2, -0.15) is 0 Å². The molecule has 2 heterocycles. The van der Waals surface area contributed by atoms with Crippen molar-refractivity contribution in [2.24, 2.45) is 4.99 Å². The summed E-state index contributed by atoms with van der Waals surface area (Å²) in [6.45, 7) is 1.48. The molecule has 4 rings (SSSR count). The number of piperidine rings is 1. The number of hydrogen-bond donors (Lipinski definition) is 3. The fourth-order valence-electron chi connectivity index (χ4n) is 4.62. The van der Waals surface area contributed by atoms with Gasteiger partial charge in [0.1, 0.15) is 35.6 Å². The molecule has 2 aliphatic rings. The quantitative estimate of drug-likeness (QED) is 0.387. The monoisotopic (exact) mass is 585 g/mol. The van der Waals surface area contributed by atoms with Crippen molar-refractivity contribution in [1.29, 1.82) is 0 Å². The highest BCUT2D eigenvalue weighted by Crippen LogP contribution is 2.33. The Hall–Kier alpha value is -3.20. The molecule has 218 valence electrons. The minimum Gasteiger partial charge on any atom is -0.491 e. The molecule has 1 unspecified atom stereocenters. The minimum atomic E-state index is -4.86. The number of aryl methyl sites for hydroxylation is 2. The van der Waals surface area contributed by atoms with Crippen molar-refractivity contribution in [2.45, 2.75) is 44.2 Å². The number of carbonyl (C=O) groups excluding carboxylic acids is 1. The van der Waals surface area contributed by atoms with Gasteiger partial charge in [-0.05, 0) is 61.6 Å². The van der Waals surface area contributed by atoms with Crippen LogP contribution in [0.15, 0.2) is 47.5 Å². The van der Waals surface area contributed by atoms with Crippen LogP contribution in [0, 0.1) is 6.92 Å². The molecular formula is C26H30F3N3O7S. The first-order valence-corrected chi connectivity index (χ1v) is 14.2. The summed E-state index contributed by atoms with van der Waals surface area (Å²) in [4.78, 5) is 17.3. The van der Waals surface area contributed by atoms with E-state index >= 15 is 0 Å². The van der Waals surface area contributed by atoms with Gasteiger partial charge in [-0.15, -0.1) is 13.2 Å². The maximum absolute atomic E-state index is 13.1. The summed E-state index contributed by atoms with van der Waals surface area (Å²) < 4.78 is 74.6. The van der Waals surface area contributed by atoms with Crippen molar-refractivity contribution in [1.82, 2.24) is 9.62 Å². The molecule has 2 aliphatic heterocycles. The smallest absolute Gasteiger partial charge is 0.491 e. The van der Waals surface area contributed by atoms with Gasteiger partial charge in [0.2, 0.25) is 10.0 Å². The molecule has 1 spiro atoms. The fourth-order valence-corrected chi connectivity index (χ4v) is 6.09. The van der Waals surface area contributed by atoms with E-state index in [1.54, 1.807) is 18.2 Å². The number of carbonyl (C=O) groups is 1. The molecule has 10 nitrogen and oxygen atoms in total. The lowest BCUT2D eigenvalue weighted by Gasteiger charge is -2.34. The molecule has 0 aromatic heterocycles. The number of nitrogens with zero attached hydrogens (tertiary/aromatic N) is 2. The number of aliphatic hydroxyl groups excluding tert-OH is 2. The Morgan fingerprint density at radius 2 is 1.88 bits per heavy atom. The average Bonchev–Trinajstić information content (AvgIpc) is 3.21. The number of rotatable bonds is 10. The highest BCUT2D eigenvalue weighted by Gasteiger charge is 2.47. The number of amides is 1. The molecule has 1 fully saturated rings. The average molecular weight is 586 g/mol. The van der Waals surface area contributed by atoms with Crippen LogP contribution in [-0.2, 0) is 21.2 Å². The van der Waals surface area contributed by atoms with E-state index in [4.69, 9.17) is 9.84 Å². The van der Waals surface area contributed by atoms with Gasteiger partial charge in [0, 0.05) is 18.7 Å². The van der Waals surface area contributed by atoms with Crippen LogP contribution < -0.4 is 14.8 Å². The molecule has 40 heavy (non-hydrogen) atoms. The summed E-state index contributed by atoms with van der Waals surface area (Å²) in [5.41, 5.74) is 0.683. The predicted octanol–water partition coefficient (Wildman–Crippen LogP) is 1.91. The number of benzene rings is 2. The van der Waals surface area contributed by atoms with Crippen LogP contribution in [-0.4, -0.2) is 84.7 Å². The van der Waals surface area contributed by atoms with Crippen molar-refractivity contribution < 1.29 is 46.1 Å². The summed E-state index contributed by atoms with van der Waals surface area (Å²) in [5.74, 6) is -0.403. The number of aliphatic hydroxyl groups is 2. The van der Waals surface area contributed by atoms with E-state index in [2.05, 4.69) is 15.0 Å². The van der Waals surface area contributed by atoms with Crippen molar-refractivity contribution in [3.8, 4) is 11.5 Å². The summed E-state index contributed by atoms with van der Waals surface area (Å²) in [7, 11) is -3.65. The van der Waals surface area contributed by atoms with E-state index in [0.29, 0.717) is 5.75 Å². The normalized spacial score (nSPS) is 18.4. The number of aliphatic imine (C=N–C) groups is 1. The Morgan fingerprint density at radius 1 is 1.15 bits per heavy atom. The maximum atomic E-state index is 13.1. The van der Waals surface area contributed by atoms with Gasteiger partial charge in [0.05, 0.1) is 12.4 Å². The van der Waals surface area contributed by atoms with E-state index in [-0.39, 0.29) is 56.1 Å². The third-order valence-corrected chi connectivity index (χ3v) is 8.73. The van der Waals surface area contributed by atoms with Crippen molar-refractivity contribution in [3.05, 3.63) is 59.2 Å². The lowest BCUT2D eigenvalue weighted by molar-refractivity contribution is -0.274. The molecule has 2 aromatic carbocycles. The second-order valence-corrected chi connectivity index (χ2v) is 11.8. The highest BCUT2D eigenvalue weighted by molar-refractivity contribution is 7.89. The lowest BCUT2D eigenvalue weighted by Crippen LogP contribution is -2.50. The molecule has 1 amide bonds. The van der Waals surface area contributed by atoms with Crippen molar-refractivity contribution in [3.63, 3.8) is 0 Å². The first-order valence-electron chi connectivity index (χ1n) is 12.6. The summed E-state index contributed by atoms with van der Waals surface area (Å²) in [6.07, 6.45) is -5.34. The van der Waals surface area contributed by atoms with Crippen LogP contribution in [0.5, 0.6) is 11.5 Å². The van der Waals surface area contributed by atoms with Gasteiger partial charge < -0.3 is 25.0 Å². The summed E-state index contributed by atoms with van der Waals surface area (Å²) >= 11 is 0. The zero-order valence-corrected chi connectivity index (χ0v) is 22.5. The summed E-state index contributed by atoms with van der Waals surface area (Å²) in [5, 5.41) is 20.9. The van der Waals surface area contributed by atoms with Crippen LogP contribution in [0.4, 0.5) is 13.2 Å². The molecule has 1 saturated heterocycles. The van der Waals surface area contributed by atoms with Crippen molar-refractivity contribution in [2.75, 3.05) is 32.1 Å². The fraction of sp³-hybridized carbons (Fsp3) is 0.462. The molecular weight excluding hydrogens is 555 g/mol. The summed E-state index contributed by atoms with van der Waals surface area (Å²) in [6, 6.07) is 10.3. The van der Waals surface area contributed by atoms with Gasteiger partial charge in [0.25, 0.3) is 5.91 Å². The first-order chi connectivity index (χ1) is 18.8. The highest BCUT2D eigenvalue weighted by atomic mass is 32.2. The molecule has 14 heteroatoms. The second-order valence-electron chi connectivity index (χ2n) is 9.72. The Balaban J connectivity index is 1.36. The van der Waals surface area contributed by atoms with E-state index in [9.17, 15) is 31.5 Å². The number of alkyl halides is 3. The van der Waals surface area contributed by atoms with Crippen LogP contribution >= 0.6 is 0 Å². The van der Waals surface area contributed by atoms with Crippen molar-refractivity contribution >= 4 is 21.8 Å². The Labute approximate surface area is 229 Å². The third-order valence-electron chi connectivity index (χ3n) is 6.86. The zero-order valence-electron chi connectivity index (χ0n) is 21.6. The molecule has 0 saturated carbocycles. The van der Waals surface area contributed by atoms with Crippen LogP contribution in [0.25, 0.3) is 0 Å². The molecule has 0 radical (unpaired) electrons. The Morgan fingerprint density at radius 3 is 2.52 bits per heavy atom. The van der Waals surface area contributed by atoms with E-state index < -0.39 is 46.3 Å². The van der Waals surface area contributed by atoms with E-state index in [0.717, 1.165) is 23.3 Å². The second kappa shape index (κ2) is 11.7. The minimum absolute atomic E-state index is 0.0669. The first kappa shape index (κ1) is 29.8. The zero-order chi connectivity index (χ0) is 29.1. The van der Waals surface area contributed by atoms with Crippen LogP contribution in [0.2, 0.25) is 0 Å². The van der Waals surface area contributed by atoms with Gasteiger partial charge in [-0.3, -0.25) is 9.79 Å². The number of sulfonamides is 1. The molecule has 0 bridgehead atoms. The molecule has 3 N–H and O–H groups in total. The number of hydrogen-bond acceptors (Lipinski definition) is 8. The largest absolute Gasteiger partial charge is 0.573 e. The van der Waals surface area contributed by atoms with Gasteiger partial charge in [-0.1, -0.05) is 18.2 Å². The number of amidine groups is 1. The van der Waals surface area contributed by atoms with Crippen LogP contribution in [0.1, 0.15) is 29.5 Å². The topological polar surface area (TPSA) is 138 Å². The number of ether oxygens (including phenoxy) is 2. The lowest BCUT2D eigenvalue weighted by atomic mass is 9.89. The predicted molar refractivity (Wildman–Crippen MR) is 139 cm³/mol. The third kappa shape index (κ3) is 7.11. The number of nitrogens with one attached hydrogen (secondary N) is 1. The molecule has 2 aromatic rings. The SMILES string of the molecule is Cc1cc(OCC(O)CO)ccc1CCS(=O)(=O)N1CCC2(CC1)N=C(c1cccc(OC(F)(F)F)c1)NC2=O. The molecule has 0 aliphatic carbocycles. The van der Waals surface area contributed by atoms with E-state index in [1.165, 1.54) is 16.4 Å². The van der Waals surface area contributed by atoms with Gasteiger partial charge >= 0.3 is 6.36 Å².